The fraction of sp³-hybridized carbons (Fsp3) is 0.125. The van der Waals surface area contributed by atoms with Crippen molar-refractivity contribution in [1.82, 2.24) is 9.78 Å². The topological polar surface area (TPSA) is 43.8 Å². The fourth-order valence-corrected chi connectivity index (χ4v) is 1.79. The molecular formula is C8H8FN3S. The van der Waals surface area contributed by atoms with E-state index in [2.05, 4.69) is 5.10 Å². The number of thiophene rings is 1. The van der Waals surface area contributed by atoms with E-state index in [-0.39, 0.29) is 5.82 Å². The Labute approximate surface area is 78.6 Å². The Morgan fingerprint density at radius 3 is 2.85 bits per heavy atom. The summed E-state index contributed by atoms with van der Waals surface area (Å²) in [5.41, 5.74) is 6.17. The Kier molecular flexibility index (Phi) is 1.81. The first-order chi connectivity index (χ1) is 6.18. The maximum absolute atomic E-state index is 13.1. The Bertz CT molecular complexity index is 413. The summed E-state index contributed by atoms with van der Waals surface area (Å²) < 4.78 is 14.6. The molecule has 5 heteroatoms. The number of rotatable bonds is 1. The van der Waals surface area contributed by atoms with Crippen LogP contribution in [0.1, 0.15) is 0 Å². The quantitative estimate of drug-likeness (QED) is 0.758. The van der Waals surface area contributed by atoms with Gasteiger partial charge in [0, 0.05) is 13.1 Å². The molecule has 0 spiro atoms. The zero-order chi connectivity index (χ0) is 9.42. The van der Waals surface area contributed by atoms with Crippen molar-refractivity contribution in [2.24, 2.45) is 7.05 Å². The van der Waals surface area contributed by atoms with Gasteiger partial charge in [-0.3, -0.25) is 4.68 Å². The van der Waals surface area contributed by atoms with Crippen LogP contribution >= 0.6 is 11.3 Å². The summed E-state index contributed by atoms with van der Waals surface area (Å²) in [4.78, 5) is 0.535. The molecule has 0 saturated carbocycles. The van der Waals surface area contributed by atoms with Crippen LogP contribution in [0.4, 0.5) is 10.2 Å². The highest BCUT2D eigenvalue weighted by Crippen LogP contribution is 2.27. The number of hydrogen-bond donors (Lipinski definition) is 1. The van der Waals surface area contributed by atoms with Crippen molar-refractivity contribution in [3.8, 4) is 10.6 Å². The van der Waals surface area contributed by atoms with E-state index in [4.69, 9.17) is 5.73 Å². The van der Waals surface area contributed by atoms with Crippen LogP contribution in [-0.2, 0) is 7.05 Å². The van der Waals surface area contributed by atoms with Gasteiger partial charge in [-0.15, -0.1) is 11.3 Å². The summed E-state index contributed by atoms with van der Waals surface area (Å²) in [6.45, 7) is 0. The van der Waals surface area contributed by atoms with Gasteiger partial charge in [-0.05, 0) is 11.4 Å². The Hall–Kier alpha value is -1.36. The predicted molar refractivity (Wildman–Crippen MR) is 50.9 cm³/mol. The molecule has 0 amide bonds. The molecule has 0 aliphatic carbocycles. The van der Waals surface area contributed by atoms with Crippen LogP contribution in [-0.4, -0.2) is 9.78 Å². The van der Waals surface area contributed by atoms with E-state index < -0.39 is 0 Å². The molecule has 2 rings (SSSR count). The molecule has 2 N–H and O–H groups in total. The summed E-state index contributed by atoms with van der Waals surface area (Å²) in [5.74, 6) is 0.283. The average Bonchev–Trinajstić information content (AvgIpc) is 2.60. The lowest BCUT2D eigenvalue weighted by Gasteiger charge is -1.90. The Balaban J connectivity index is 2.53. The molecule has 0 saturated heterocycles. The zero-order valence-corrected chi connectivity index (χ0v) is 7.81. The van der Waals surface area contributed by atoms with Crippen molar-refractivity contribution < 1.29 is 4.39 Å². The van der Waals surface area contributed by atoms with Crippen molar-refractivity contribution in [1.29, 1.82) is 0 Å². The van der Waals surface area contributed by atoms with E-state index in [0.717, 1.165) is 0 Å². The van der Waals surface area contributed by atoms with E-state index in [1.54, 1.807) is 18.5 Å². The van der Waals surface area contributed by atoms with Crippen LogP contribution in [0.15, 0.2) is 17.5 Å². The van der Waals surface area contributed by atoms with Crippen molar-refractivity contribution in [3.63, 3.8) is 0 Å². The van der Waals surface area contributed by atoms with Gasteiger partial charge in [0.15, 0.2) is 0 Å². The van der Waals surface area contributed by atoms with Gasteiger partial charge in [0.05, 0.1) is 4.88 Å². The van der Waals surface area contributed by atoms with Crippen molar-refractivity contribution in [2.75, 3.05) is 5.73 Å². The first-order valence-corrected chi connectivity index (χ1v) is 4.59. The number of nitrogen functional groups attached to an aromatic ring is 1. The molecule has 0 aromatic carbocycles. The predicted octanol–water partition coefficient (Wildman–Crippen LogP) is 1.87. The minimum atomic E-state index is -0.247. The molecule has 0 radical (unpaired) electrons. The van der Waals surface area contributed by atoms with E-state index >= 15 is 0 Å². The Morgan fingerprint density at radius 2 is 2.38 bits per heavy atom. The standard InChI is InChI=1S/C8H8FN3S/c1-12-7(10)4-6(11-12)8-5(9)2-3-13-8/h2-4H,10H2,1H3. The Morgan fingerprint density at radius 1 is 1.62 bits per heavy atom. The van der Waals surface area contributed by atoms with Gasteiger partial charge < -0.3 is 5.73 Å². The van der Waals surface area contributed by atoms with Crippen LogP contribution in [0.5, 0.6) is 0 Å². The largest absolute Gasteiger partial charge is 0.384 e. The maximum Gasteiger partial charge on any atom is 0.143 e. The van der Waals surface area contributed by atoms with E-state index in [0.29, 0.717) is 16.4 Å². The molecule has 2 aromatic heterocycles. The number of nitrogens with zero attached hydrogens (tertiary/aromatic N) is 2. The lowest BCUT2D eigenvalue weighted by molar-refractivity contribution is 0.635. The minimum absolute atomic E-state index is 0.247. The van der Waals surface area contributed by atoms with E-state index in [1.807, 2.05) is 0 Å². The van der Waals surface area contributed by atoms with Gasteiger partial charge in [0.1, 0.15) is 17.3 Å². The van der Waals surface area contributed by atoms with Crippen molar-refractivity contribution in [2.45, 2.75) is 0 Å². The summed E-state index contributed by atoms with van der Waals surface area (Å²) in [6, 6.07) is 3.08. The molecule has 3 nitrogen and oxygen atoms in total. The van der Waals surface area contributed by atoms with Crippen LogP contribution in [0.25, 0.3) is 10.6 Å². The number of aryl methyl sites for hydroxylation is 1. The summed E-state index contributed by atoms with van der Waals surface area (Å²) in [6.07, 6.45) is 0. The highest BCUT2D eigenvalue weighted by molar-refractivity contribution is 7.13. The number of hydrogen-bond acceptors (Lipinski definition) is 3. The van der Waals surface area contributed by atoms with Gasteiger partial charge in [-0.2, -0.15) is 5.10 Å². The van der Waals surface area contributed by atoms with Gasteiger partial charge in [0.2, 0.25) is 0 Å². The third-order valence-corrected chi connectivity index (χ3v) is 2.68. The third kappa shape index (κ3) is 1.31. The van der Waals surface area contributed by atoms with Gasteiger partial charge >= 0.3 is 0 Å². The lowest BCUT2D eigenvalue weighted by Crippen LogP contribution is -1.96. The molecule has 2 heterocycles. The van der Waals surface area contributed by atoms with Crippen LogP contribution < -0.4 is 5.73 Å². The second-order valence-corrected chi connectivity index (χ2v) is 3.59. The summed E-state index contributed by atoms with van der Waals surface area (Å²) in [5, 5.41) is 5.77. The third-order valence-electron chi connectivity index (χ3n) is 1.77. The molecule has 68 valence electrons. The SMILES string of the molecule is Cn1nc(-c2sccc2F)cc1N. The molecule has 0 aliphatic rings. The highest BCUT2D eigenvalue weighted by atomic mass is 32.1. The lowest BCUT2D eigenvalue weighted by atomic mass is 10.3. The molecule has 2 aromatic rings. The maximum atomic E-state index is 13.1. The van der Waals surface area contributed by atoms with E-state index in [9.17, 15) is 4.39 Å². The molecule has 0 fully saturated rings. The second-order valence-electron chi connectivity index (χ2n) is 2.68. The molecule has 0 aliphatic heterocycles. The number of nitrogens with two attached hydrogens (primary N) is 1. The van der Waals surface area contributed by atoms with Gasteiger partial charge in [-0.25, -0.2) is 4.39 Å². The molecule has 0 atom stereocenters. The van der Waals surface area contributed by atoms with Crippen LogP contribution in [0.3, 0.4) is 0 Å². The number of aromatic nitrogens is 2. The van der Waals surface area contributed by atoms with Crippen molar-refractivity contribution >= 4 is 17.2 Å². The zero-order valence-electron chi connectivity index (χ0n) is 6.99. The first-order valence-electron chi connectivity index (χ1n) is 3.71. The molecule has 13 heavy (non-hydrogen) atoms. The molecular weight excluding hydrogens is 189 g/mol. The number of halogens is 1. The van der Waals surface area contributed by atoms with Crippen LogP contribution in [0.2, 0.25) is 0 Å². The van der Waals surface area contributed by atoms with E-state index in [1.165, 1.54) is 22.1 Å². The van der Waals surface area contributed by atoms with Crippen molar-refractivity contribution in [3.05, 3.63) is 23.3 Å². The number of anilines is 1. The normalized spacial score (nSPS) is 10.6. The smallest absolute Gasteiger partial charge is 0.143 e. The fourth-order valence-electron chi connectivity index (χ4n) is 1.07. The van der Waals surface area contributed by atoms with Gasteiger partial charge in [-0.1, -0.05) is 0 Å². The molecule has 0 bridgehead atoms. The average molecular weight is 197 g/mol. The summed E-state index contributed by atoms with van der Waals surface area (Å²) in [7, 11) is 1.73. The highest BCUT2D eigenvalue weighted by Gasteiger charge is 2.10. The minimum Gasteiger partial charge on any atom is -0.384 e. The summed E-state index contributed by atoms with van der Waals surface area (Å²) >= 11 is 1.32. The van der Waals surface area contributed by atoms with Gasteiger partial charge in [0.25, 0.3) is 0 Å². The second kappa shape index (κ2) is 2.85. The molecule has 0 unspecified atom stereocenters. The monoisotopic (exact) mass is 197 g/mol. The van der Waals surface area contributed by atoms with Crippen LogP contribution in [0, 0.1) is 5.82 Å². The first kappa shape index (κ1) is 8.25.